The molecule has 4 bridgehead atoms. The molecule has 2 aromatic heterocycles. The number of nitro benzene ring substituents is 4. The molecule has 0 fully saturated rings. The smallest absolute Gasteiger partial charge is 0.269 e. The standard InChI is InChI=1S/C46H46N10O8/c57-53(58)43-15-7-35(8-16-43)27-49-23-25-51(29-37-11-19-45(20-12-37)55(61)62)33-41-5-2-6-42(48-41)34-52(30-38-13-21-46(22-14-38)56(63)64)26-24-50(32-40-4-1-3-39(31-49)47-40)28-36-9-17-44(18-10-36)54(59)60/h1-22H,23-34H2. The minimum absolute atomic E-state index is 0.00887. The highest BCUT2D eigenvalue weighted by molar-refractivity contribution is 5.35. The van der Waals surface area contributed by atoms with E-state index in [1.54, 1.807) is 48.5 Å². The Kier molecular flexibility index (Phi) is 14.7. The summed E-state index contributed by atoms with van der Waals surface area (Å²) in [5, 5.41) is 45.7. The second-order valence-electron chi connectivity index (χ2n) is 15.8. The third-order valence-corrected chi connectivity index (χ3v) is 10.9. The van der Waals surface area contributed by atoms with Gasteiger partial charge in [-0.1, -0.05) is 60.7 Å². The average molecular weight is 867 g/mol. The third kappa shape index (κ3) is 12.8. The number of nitrogens with zero attached hydrogens (tertiary/aromatic N) is 10. The van der Waals surface area contributed by atoms with Crippen molar-refractivity contribution in [2.75, 3.05) is 26.2 Å². The molecule has 0 saturated carbocycles. The first kappa shape index (κ1) is 44.7. The zero-order valence-corrected chi connectivity index (χ0v) is 34.9. The molecule has 18 heteroatoms. The number of benzene rings is 4. The van der Waals surface area contributed by atoms with E-state index >= 15 is 0 Å². The maximum Gasteiger partial charge on any atom is 0.269 e. The Bertz CT molecular complexity index is 2210. The van der Waals surface area contributed by atoms with E-state index in [-0.39, 0.29) is 22.7 Å². The quantitative estimate of drug-likeness (QED) is 0.0848. The predicted molar refractivity (Wildman–Crippen MR) is 237 cm³/mol. The van der Waals surface area contributed by atoms with Crippen molar-refractivity contribution in [2.45, 2.75) is 52.4 Å². The molecule has 7 rings (SSSR count). The summed E-state index contributed by atoms with van der Waals surface area (Å²) in [6.45, 7) is 6.11. The highest BCUT2D eigenvalue weighted by Crippen LogP contribution is 2.21. The molecule has 64 heavy (non-hydrogen) atoms. The van der Waals surface area contributed by atoms with Crippen molar-refractivity contribution in [1.29, 1.82) is 0 Å². The van der Waals surface area contributed by atoms with Crippen LogP contribution >= 0.6 is 0 Å². The van der Waals surface area contributed by atoms with Gasteiger partial charge in [-0.3, -0.25) is 70.0 Å². The summed E-state index contributed by atoms with van der Waals surface area (Å²) in [4.78, 5) is 63.3. The molecule has 3 heterocycles. The normalized spacial score (nSPS) is 14.9. The van der Waals surface area contributed by atoms with Crippen LogP contribution in [0.5, 0.6) is 0 Å². The lowest BCUT2D eigenvalue weighted by molar-refractivity contribution is -0.385. The van der Waals surface area contributed by atoms with Gasteiger partial charge in [-0.2, -0.15) is 0 Å². The van der Waals surface area contributed by atoms with E-state index in [0.717, 1.165) is 45.0 Å². The maximum absolute atomic E-state index is 11.4. The molecule has 1 aliphatic rings. The molecule has 6 aromatic rings. The van der Waals surface area contributed by atoms with Crippen molar-refractivity contribution in [2.24, 2.45) is 0 Å². The Balaban J connectivity index is 1.23. The van der Waals surface area contributed by atoms with Crippen molar-refractivity contribution in [3.8, 4) is 0 Å². The van der Waals surface area contributed by atoms with E-state index in [1.165, 1.54) is 48.5 Å². The lowest BCUT2D eigenvalue weighted by Gasteiger charge is -2.29. The molecule has 0 spiro atoms. The van der Waals surface area contributed by atoms with E-state index < -0.39 is 19.7 Å². The molecule has 0 aliphatic carbocycles. The second-order valence-corrected chi connectivity index (χ2v) is 15.8. The Hall–Kier alpha value is -7.38. The lowest BCUT2D eigenvalue weighted by atomic mass is 10.1. The first-order chi connectivity index (χ1) is 30.9. The summed E-state index contributed by atoms with van der Waals surface area (Å²) in [5.41, 5.74) is 6.92. The fourth-order valence-electron chi connectivity index (χ4n) is 7.67. The van der Waals surface area contributed by atoms with E-state index in [2.05, 4.69) is 19.6 Å². The van der Waals surface area contributed by atoms with Crippen LogP contribution in [0.2, 0.25) is 0 Å². The monoisotopic (exact) mass is 866 g/mol. The molecular weight excluding hydrogens is 821 g/mol. The summed E-state index contributed by atoms with van der Waals surface area (Å²) < 4.78 is 0. The first-order valence-corrected chi connectivity index (χ1v) is 20.6. The number of pyridine rings is 2. The molecule has 4 aromatic carbocycles. The topological polar surface area (TPSA) is 211 Å². The molecule has 0 saturated heterocycles. The Morgan fingerprint density at radius 3 is 0.734 bits per heavy atom. The molecule has 328 valence electrons. The van der Waals surface area contributed by atoms with Crippen molar-refractivity contribution >= 4 is 22.7 Å². The first-order valence-electron chi connectivity index (χ1n) is 20.6. The van der Waals surface area contributed by atoms with Crippen LogP contribution in [0, 0.1) is 40.5 Å². The van der Waals surface area contributed by atoms with E-state index in [1.807, 2.05) is 36.4 Å². The van der Waals surface area contributed by atoms with Gasteiger partial charge in [0.1, 0.15) is 0 Å². The van der Waals surface area contributed by atoms with Gasteiger partial charge in [0.2, 0.25) is 0 Å². The van der Waals surface area contributed by atoms with Crippen LogP contribution in [-0.2, 0) is 52.4 Å². The van der Waals surface area contributed by atoms with E-state index in [9.17, 15) is 40.5 Å². The van der Waals surface area contributed by atoms with Gasteiger partial charge in [-0.15, -0.1) is 0 Å². The number of hydrogen-bond acceptors (Lipinski definition) is 14. The van der Waals surface area contributed by atoms with Crippen molar-refractivity contribution in [3.63, 3.8) is 0 Å². The van der Waals surface area contributed by atoms with E-state index in [4.69, 9.17) is 9.97 Å². The van der Waals surface area contributed by atoms with Gasteiger partial charge in [0, 0.05) is 127 Å². The molecule has 1 aliphatic heterocycles. The molecule has 18 nitrogen and oxygen atoms in total. The predicted octanol–water partition coefficient (Wildman–Crippen LogP) is 7.83. The van der Waals surface area contributed by atoms with E-state index in [0.29, 0.717) is 78.5 Å². The van der Waals surface area contributed by atoms with Gasteiger partial charge < -0.3 is 0 Å². The van der Waals surface area contributed by atoms with Crippen LogP contribution in [0.1, 0.15) is 45.0 Å². The van der Waals surface area contributed by atoms with Crippen LogP contribution in [-0.4, -0.2) is 75.4 Å². The fourth-order valence-corrected chi connectivity index (χ4v) is 7.67. The van der Waals surface area contributed by atoms with Gasteiger partial charge in [0.15, 0.2) is 0 Å². The minimum Gasteiger partial charge on any atom is -0.292 e. The highest BCUT2D eigenvalue weighted by Gasteiger charge is 2.19. The van der Waals surface area contributed by atoms with Crippen molar-refractivity contribution < 1.29 is 19.7 Å². The highest BCUT2D eigenvalue weighted by atomic mass is 16.6. The number of nitro groups is 4. The summed E-state index contributed by atoms with van der Waals surface area (Å²) in [7, 11) is 0. The summed E-state index contributed by atoms with van der Waals surface area (Å²) >= 11 is 0. The molecular formula is C46H46N10O8. The summed E-state index contributed by atoms with van der Waals surface area (Å²) in [5.74, 6) is 0. The van der Waals surface area contributed by atoms with Gasteiger partial charge >= 0.3 is 0 Å². The zero-order chi connectivity index (χ0) is 45.0. The summed E-state index contributed by atoms with van der Waals surface area (Å²) in [6, 6.07) is 38.0. The molecule has 0 radical (unpaired) electrons. The van der Waals surface area contributed by atoms with Crippen LogP contribution in [0.15, 0.2) is 133 Å². The largest absolute Gasteiger partial charge is 0.292 e. The van der Waals surface area contributed by atoms with Gasteiger partial charge in [-0.25, -0.2) is 0 Å². The van der Waals surface area contributed by atoms with Crippen molar-refractivity contribution in [1.82, 2.24) is 29.6 Å². The van der Waals surface area contributed by atoms with Gasteiger partial charge in [0.05, 0.1) is 42.5 Å². The van der Waals surface area contributed by atoms with Crippen LogP contribution in [0.3, 0.4) is 0 Å². The summed E-state index contributed by atoms with van der Waals surface area (Å²) in [6.07, 6.45) is 0. The Morgan fingerprint density at radius 2 is 0.547 bits per heavy atom. The number of hydrogen-bond donors (Lipinski definition) is 0. The average Bonchev–Trinajstić information content (AvgIpc) is 3.28. The third-order valence-electron chi connectivity index (χ3n) is 10.9. The fraction of sp³-hybridized carbons (Fsp3) is 0.261. The van der Waals surface area contributed by atoms with Crippen LogP contribution in [0.25, 0.3) is 0 Å². The minimum atomic E-state index is -0.420. The number of non-ortho nitro benzene ring substituents is 4. The molecule has 0 unspecified atom stereocenters. The SMILES string of the molecule is O=[N+]([O-])c1ccc(CN2CCN(Cc3ccc([N+](=O)[O-])cc3)Cc3cccc(n3)CN(Cc3ccc([N+](=O)[O-])cc3)CCN(Cc3ccc([N+](=O)[O-])cc3)Cc3cccc(n3)C2)cc1. The zero-order valence-electron chi connectivity index (χ0n) is 34.9. The maximum atomic E-state index is 11.4. The Morgan fingerprint density at radius 1 is 0.344 bits per heavy atom. The lowest BCUT2D eigenvalue weighted by Crippen LogP contribution is -2.36. The molecule has 0 amide bonds. The van der Waals surface area contributed by atoms with Crippen LogP contribution in [0.4, 0.5) is 22.7 Å². The molecule has 0 N–H and O–H groups in total. The molecule has 0 atom stereocenters. The van der Waals surface area contributed by atoms with Gasteiger partial charge in [-0.05, 0) is 46.5 Å². The number of fused-ring (bicyclic) bond motifs is 4. The van der Waals surface area contributed by atoms with Gasteiger partial charge in [0.25, 0.3) is 22.7 Å². The van der Waals surface area contributed by atoms with Crippen molar-refractivity contribution in [3.05, 3.63) is 219 Å². The number of aromatic nitrogens is 2. The Labute approximate surface area is 368 Å². The number of rotatable bonds is 12. The second kappa shape index (κ2) is 21.1. The van der Waals surface area contributed by atoms with Crippen LogP contribution < -0.4 is 0 Å².